The Balaban J connectivity index is 1.82. The third-order valence-electron chi connectivity index (χ3n) is 3.76. The van der Waals surface area contributed by atoms with Crippen molar-refractivity contribution >= 4 is 28.6 Å². The lowest BCUT2D eigenvalue weighted by molar-refractivity contribution is -0.145. The van der Waals surface area contributed by atoms with E-state index in [4.69, 9.17) is 16.3 Å². The molecule has 0 radical (unpaired) electrons. The lowest BCUT2D eigenvalue weighted by atomic mass is 10.2. The molecule has 1 aromatic heterocycles. The van der Waals surface area contributed by atoms with Crippen LogP contribution in [0.15, 0.2) is 48.5 Å². The maximum absolute atomic E-state index is 12.0. The molecule has 0 bridgehead atoms. The minimum absolute atomic E-state index is 0.146. The van der Waals surface area contributed by atoms with Crippen LogP contribution in [0.1, 0.15) is 12.5 Å². The van der Waals surface area contributed by atoms with Crippen LogP contribution in [0.25, 0.3) is 11.0 Å². The molecule has 0 N–H and O–H groups in total. The van der Waals surface area contributed by atoms with Gasteiger partial charge >= 0.3 is 5.97 Å². The van der Waals surface area contributed by atoms with E-state index in [0.717, 1.165) is 16.6 Å². The number of hydrogen-bond acceptors (Lipinski definition) is 5. The van der Waals surface area contributed by atoms with E-state index in [1.165, 1.54) is 0 Å². The van der Waals surface area contributed by atoms with E-state index in [9.17, 15) is 4.79 Å². The Morgan fingerprint density at radius 3 is 2.76 bits per heavy atom. The first-order valence-corrected chi connectivity index (χ1v) is 8.44. The van der Waals surface area contributed by atoms with Crippen molar-refractivity contribution in [3.8, 4) is 0 Å². The number of esters is 1. The summed E-state index contributed by atoms with van der Waals surface area (Å²) in [5, 5.41) is 9.01. The number of hydrogen-bond donors (Lipinski definition) is 0. The van der Waals surface area contributed by atoms with E-state index in [1.807, 2.05) is 53.4 Å². The number of fused-ring (bicyclic) bond motifs is 1. The molecule has 0 atom stereocenters. The van der Waals surface area contributed by atoms with Gasteiger partial charge in [-0.15, -0.1) is 5.10 Å². The summed E-state index contributed by atoms with van der Waals surface area (Å²) in [5.74, 6) is -0.279. The zero-order valence-electron chi connectivity index (χ0n) is 13.9. The number of aromatic nitrogens is 3. The quantitative estimate of drug-likeness (QED) is 0.607. The van der Waals surface area contributed by atoms with Crippen molar-refractivity contribution in [1.29, 1.82) is 0 Å². The van der Waals surface area contributed by atoms with Gasteiger partial charge in [-0.2, -0.15) is 0 Å². The van der Waals surface area contributed by atoms with Crippen LogP contribution < -0.4 is 0 Å². The molecular weight excluding hydrogens is 340 g/mol. The molecule has 3 aromatic rings. The molecule has 0 saturated carbocycles. The van der Waals surface area contributed by atoms with E-state index in [-0.39, 0.29) is 12.5 Å². The Morgan fingerprint density at radius 1 is 1.20 bits per heavy atom. The van der Waals surface area contributed by atoms with Crippen LogP contribution in [-0.4, -0.2) is 39.0 Å². The van der Waals surface area contributed by atoms with E-state index in [0.29, 0.717) is 24.8 Å². The first-order chi connectivity index (χ1) is 12.2. The summed E-state index contributed by atoms with van der Waals surface area (Å²) in [5.41, 5.74) is 2.67. The van der Waals surface area contributed by atoms with Crippen molar-refractivity contribution < 1.29 is 9.53 Å². The molecule has 1 heterocycles. The maximum atomic E-state index is 12.0. The SMILES string of the molecule is CCOC(=O)CN(Cc1ccccc1Cl)Cn1nnc2ccccc21. The maximum Gasteiger partial charge on any atom is 0.320 e. The van der Waals surface area contributed by atoms with Gasteiger partial charge in [0.25, 0.3) is 0 Å². The van der Waals surface area contributed by atoms with Crippen LogP contribution in [0, 0.1) is 0 Å². The Labute approximate surface area is 150 Å². The Bertz CT molecular complexity index is 865. The van der Waals surface area contributed by atoms with Gasteiger partial charge in [0.1, 0.15) is 5.52 Å². The van der Waals surface area contributed by atoms with Gasteiger partial charge in [0, 0.05) is 11.6 Å². The van der Waals surface area contributed by atoms with Gasteiger partial charge in [-0.25, -0.2) is 4.68 Å². The van der Waals surface area contributed by atoms with Gasteiger partial charge in [-0.1, -0.05) is 47.1 Å². The van der Waals surface area contributed by atoms with Crippen molar-refractivity contribution in [2.75, 3.05) is 13.2 Å². The third kappa shape index (κ3) is 4.35. The van der Waals surface area contributed by atoms with Crippen LogP contribution >= 0.6 is 11.6 Å². The average Bonchev–Trinajstić information content (AvgIpc) is 3.00. The third-order valence-corrected chi connectivity index (χ3v) is 4.13. The van der Waals surface area contributed by atoms with Gasteiger partial charge in [0.05, 0.1) is 25.3 Å². The summed E-state index contributed by atoms with van der Waals surface area (Å²) in [6.45, 7) is 3.21. The van der Waals surface area contributed by atoms with E-state index in [2.05, 4.69) is 10.3 Å². The molecule has 3 rings (SSSR count). The molecule has 0 aliphatic carbocycles. The minimum Gasteiger partial charge on any atom is -0.465 e. The zero-order valence-corrected chi connectivity index (χ0v) is 14.7. The summed E-state index contributed by atoms with van der Waals surface area (Å²) in [6.07, 6.45) is 0. The highest BCUT2D eigenvalue weighted by molar-refractivity contribution is 6.31. The average molecular weight is 359 g/mol. The van der Waals surface area contributed by atoms with Gasteiger partial charge < -0.3 is 4.74 Å². The second-order valence-corrected chi connectivity index (χ2v) is 6.01. The van der Waals surface area contributed by atoms with Crippen LogP contribution in [0.4, 0.5) is 0 Å². The molecule has 6 nitrogen and oxygen atoms in total. The van der Waals surface area contributed by atoms with Crippen molar-refractivity contribution in [3.05, 3.63) is 59.1 Å². The number of carbonyl (C=O) groups is 1. The second kappa shape index (κ2) is 8.09. The number of ether oxygens (including phenoxy) is 1. The highest BCUT2D eigenvalue weighted by Gasteiger charge is 2.16. The number of rotatable bonds is 7. The van der Waals surface area contributed by atoms with Gasteiger partial charge in [-0.3, -0.25) is 9.69 Å². The normalized spacial score (nSPS) is 11.2. The molecule has 0 aliphatic heterocycles. The van der Waals surface area contributed by atoms with E-state index >= 15 is 0 Å². The first-order valence-electron chi connectivity index (χ1n) is 8.07. The van der Waals surface area contributed by atoms with Crippen molar-refractivity contribution in [3.63, 3.8) is 0 Å². The fourth-order valence-electron chi connectivity index (χ4n) is 2.62. The Kier molecular flexibility index (Phi) is 5.63. The fraction of sp³-hybridized carbons (Fsp3) is 0.278. The van der Waals surface area contributed by atoms with Crippen molar-refractivity contribution in [2.45, 2.75) is 20.1 Å². The standard InChI is InChI=1S/C18H19ClN4O2/c1-2-25-18(24)12-22(11-14-7-3-4-8-15(14)19)13-23-17-10-6-5-9-16(17)20-21-23/h3-10H,2,11-13H2,1H3. The van der Waals surface area contributed by atoms with E-state index in [1.54, 1.807) is 11.6 Å². The van der Waals surface area contributed by atoms with Gasteiger partial charge in [0.2, 0.25) is 0 Å². The minimum atomic E-state index is -0.279. The summed E-state index contributed by atoms with van der Waals surface area (Å²) in [4.78, 5) is 13.9. The molecule has 0 fully saturated rings. The van der Waals surface area contributed by atoms with Crippen LogP contribution in [0.5, 0.6) is 0 Å². The van der Waals surface area contributed by atoms with E-state index < -0.39 is 0 Å². The lowest BCUT2D eigenvalue weighted by Crippen LogP contribution is -2.33. The molecule has 25 heavy (non-hydrogen) atoms. The van der Waals surface area contributed by atoms with Crippen molar-refractivity contribution in [2.24, 2.45) is 0 Å². The highest BCUT2D eigenvalue weighted by atomic mass is 35.5. The Hall–Kier alpha value is -2.44. The lowest BCUT2D eigenvalue weighted by Gasteiger charge is -2.22. The summed E-state index contributed by atoms with van der Waals surface area (Å²) < 4.78 is 6.86. The van der Waals surface area contributed by atoms with Gasteiger partial charge in [-0.05, 0) is 30.7 Å². The molecule has 0 aliphatic rings. The summed E-state index contributed by atoms with van der Waals surface area (Å²) >= 11 is 6.27. The predicted molar refractivity (Wildman–Crippen MR) is 96.0 cm³/mol. The molecule has 0 saturated heterocycles. The van der Waals surface area contributed by atoms with Crippen molar-refractivity contribution in [1.82, 2.24) is 19.9 Å². The predicted octanol–water partition coefficient (Wildman–Crippen LogP) is 3.11. The number of benzene rings is 2. The topological polar surface area (TPSA) is 60.2 Å². The molecule has 0 amide bonds. The Morgan fingerprint density at radius 2 is 1.96 bits per heavy atom. The van der Waals surface area contributed by atoms with Crippen LogP contribution in [-0.2, 0) is 22.7 Å². The molecule has 130 valence electrons. The number of halogens is 1. The van der Waals surface area contributed by atoms with Gasteiger partial charge in [0.15, 0.2) is 0 Å². The highest BCUT2D eigenvalue weighted by Crippen LogP contribution is 2.18. The first kappa shape index (κ1) is 17.4. The van der Waals surface area contributed by atoms with Crippen LogP contribution in [0.2, 0.25) is 5.02 Å². The number of para-hydroxylation sites is 1. The monoisotopic (exact) mass is 358 g/mol. The molecule has 0 spiro atoms. The fourth-order valence-corrected chi connectivity index (χ4v) is 2.82. The largest absolute Gasteiger partial charge is 0.465 e. The second-order valence-electron chi connectivity index (χ2n) is 5.60. The summed E-state index contributed by atoms with van der Waals surface area (Å²) in [6, 6.07) is 15.3. The molecular formula is C18H19ClN4O2. The number of nitrogens with zero attached hydrogens (tertiary/aromatic N) is 4. The molecule has 2 aromatic carbocycles. The molecule has 7 heteroatoms. The summed E-state index contributed by atoms with van der Waals surface area (Å²) in [7, 11) is 0. The number of carbonyl (C=O) groups excluding carboxylic acids is 1. The zero-order chi connectivity index (χ0) is 17.6. The van der Waals surface area contributed by atoms with Crippen LogP contribution in [0.3, 0.4) is 0 Å². The molecule has 0 unspecified atom stereocenters. The smallest absolute Gasteiger partial charge is 0.320 e.